The van der Waals surface area contributed by atoms with Gasteiger partial charge in [-0.15, -0.1) is 0 Å². The number of rotatable bonds is 7. The molecule has 0 aromatic heterocycles. The molecule has 3 heteroatoms. The van der Waals surface area contributed by atoms with Crippen molar-refractivity contribution in [3.63, 3.8) is 0 Å². The quantitative estimate of drug-likeness (QED) is 0.790. The summed E-state index contributed by atoms with van der Waals surface area (Å²) in [5, 5.41) is 13.6. The van der Waals surface area contributed by atoms with Gasteiger partial charge in [-0.3, -0.25) is 0 Å². The van der Waals surface area contributed by atoms with Crippen LogP contribution in [0.3, 0.4) is 0 Å². The third kappa shape index (κ3) is 4.50. The van der Waals surface area contributed by atoms with E-state index in [0.29, 0.717) is 6.54 Å². The van der Waals surface area contributed by atoms with Gasteiger partial charge in [0.2, 0.25) is 0 Å². The van der Waals surface area contributed by atoms with Crippen LogP contribution in [0.5, 0.6) is 11.5 Å². The molecule has 112 valence electrons. The second-order valence-corrected chi connectivity index (χ2v) is 5.23. The first-order valence-electron chi connectivity index (χ1n) is 7.44. The van der Waals surface area contributed by atoms with Crippen molar-refractivity contribution in [3.05, 3.63) is 54.6 Å². The van der Waals surface area contributed by atoms with Crippen molar-refractivity contribution < 1.29 is 9.84 Å². The van der Waals surface area contributed by atoms with E-state index < -0.39 is 5.60 Å². The van der Waals surface area contributed by atoms with Crippen LogP contribution >= 0.6 is 0 Å². The normalized spacial score (nSPS) is 11.2. The highest BCUT2D eigenvalue weighted by atomic mass is 16.5. The summed E-state index contributed by atoms with van der Waals surface area (Å²) in [6.45, 7) is 4.54. The molecular weight excluding hydrogens is 262 g/mol. The van der Waals surface area contributed by atoms with Gasteiger partial charge in [0, 0.05) is 18.3 Å². The molecule has 0 spiro atoms. The maximum absolute atomic E-state index is 10.3. The van der Waals surface area contributed by atoms with E-state index in [9.17, 15) is 5.11 Å². The third-order valence-corrected chi connectivity index (χ3v) is 3.75. The van der Waals surface area contributed by atoms with E-state index in [-0.39, 0.29) is 0 Å². The molecule has 0 saturated heterocycles. The van der Waals surface area contributed by atoms with Gasteiger partial charge in [0.15, 0.2) is 0 Å². The maximum atomic E-state index is 10.3. The standard InChI is InChI=1S/C18H23NO2/c1-3-18(20,4-2)14-19-15-9-8-12-17(13-15)21-16-10-6-5-7-11-16/h5-13,19-20H,3-4,14H2,1-2H3. The fourth-order valence-electron chi connectivity index (χ4n) is 2.06. The van der Waals surface area contributed by atoms with Gasteiger partial charge in [0.25, 0.3) is 0 Å². The summed E-state index contributed by atoms with van der Waals surface area (Å²) >= 11 is 0. The van der Waals surface area contributed by atoms with Gasteiger partial charge in [-0.05, 0) is 37.1 Å². The van der Waals surface area contributed by atoms with E-state index in [4.69, 9.17) is 4.74 Å². The molecule has 0 atom stereocenters. The smallest absolute Gasteiger partial charge is 0.129 e. The average molecular weight is 285 g/mol. The van der Waals surface area contributed by atoms with Gasteiger partial charge in [-0.25, -0.2) is 0 Å². The minimum Gasteiger partial charge on any atom is -0.457 e. The van der Waals surface area contributed by atoms with Crippen molar-refractivity contribution in [2.75, 3.05) is 11.9 Å². The van der Waals surface area contributed by atoms with Gasteiger partial charge in [0.1, 0.15) is 11.5 Å². The predicted molar refractivity (Wildman–Crippen MR) is 87.0 cm³/mol. The third-order valence-electron chi connectivity index (χ3n) is 3.75. The Kier molecular flexibility index (Phi) is 5.23. The zero-order chi connectivity index (χ0) is 15.1. The molecule has 2 aromatic carbocycles. The van der Waals surface area contributed by atoms with Crippen molar-refractivity contribution in [2.24, 2.45) is 0 Å². The predicted octanol–water partition coefficient (Wildman–Crippen LogP) is 4.44. The minimum atomic E-state index is -0.656. The van der Waals surface area contributed by atoms with Crippen molar-refractivity contribution >= 4 is 5.69 Å². The van der Waals surface area contributed by atoms with Crippen LogP contribution in [0.4, 0.5) is 5.69 Å². The van der Waals surface area contributed by atoms with Gasteiger partial charge in [-0.2, -0.15) is 0 Å². The van der Waals surface area contributed by atoms with Gasteiger partial charge in [0.05, 0.1) is 5.60 Å². The molecule has 0 amide bonds. The van der Waals surface area contributed by atoms with Gasteiger partial charge < -0.3 is 15.2 Å². The molecule has 21 heavy (non-hydrogen) atoms. The first-order chi connectivity index (χ1) is 10.1. The molecule has 0 saturated carbocycles. The van der Waals surface area contributed by atoms with Crippen LogP contribution in [0.2, 0.25) is 0 Å². The van der Waals surface area contributed by atoms with E-state index in [1.54, 1.807) is 0 Å². The maximum Gasteiger partial charge on any atom is 0.129 e. The number of nitrogens with one attached hydrogen (secondary N) is 1. The Balaban J connectivity index is 2.01. The molecule has 0 aliphatic heterocycles. The van der Waals surface area contributed by atoms with E-state index in [1.165, 1.54) is 0 Å². The number of aliphatic hydroxyl groups is 1. The lowest BCUT2D eigenvalue weighted by molar-refractivity contribution is 0.0457. The highest BCUT2D eigenvalue weighted by molar-refractivity contribution is 5.49. The largest absolute Gasteiger partial charge is 0.457 e. The lowest BCUT2D eigenvalue weighted by Gasteiger charge is -2.26. The monoisotopic (exact) mass is 285 g/mol. The highest BCUT2D eigenvalue weighted by Crippen LogP contribution is 2.24. The van der Waals surface area contributed by atoms with E-state index in [2.05, 4.69) is 5.32 Å². The number of para-hydroxylation sites is 1. The van der Waals surface area contributed by atoms with Gasteiger partial charge >= 0.3 is 0 Å². The van der Waals surface area contributed by atoms with Crippen LogP contribution < -0.4 is 10.1 Å². The first kappa shape index (κ1) is 15.4. The van der Waals surface area contributed by atoms with Crippen molar-refractivity contribution in [3.8, 4) is 11.5 Å². The summed E-state index contributed by atoms with van der Waals surface area (Å²) < 4.78 is 5.80. The summed E-state index contributed by atoms with van der Waals surface area (Å²) in [5.41, 5.74) is 0.291. The number of anilines is 1. The Morgan fingerprint density at radius 3 is 2.29 bits per heavy atom. The molecule has 2 aromatic rings. The summed E-state index contributed by atoms with van der Waals surface area (Å²) in [5.74, 6) is 1.59. The molecule has 3 nitrogen and oxygen atoms in total. The Morgan fingerprint density at radius 2 is 1.62 bits per heavy atom. The van der Waals surface area contributed by atoms with Crippen LogP contribution in [0.15, 0.2) is 54.6 Å². The molecule has 0 aliphatic rings. The summed E-state index contributed by atoms with van der Waals surface area (Å²) in [6, 6.07) is 17.5. The fraction of sp³-hybridized carbons (Fsp3) is 0.333. The minimum absolute atomic E-state index is 0.536. The lowest BCUT2D eigenvalue weighted by Crippen LogP contribution is -2.35. The van der Waals surface area contributed by atoms with E-state index in [0.717, 1.165) is 30.0 Å². The molecule has 0 aliphatic carbocycles. The Hall–Kier alpha value is -2.00. The molecule has 0 radical (unpaired) electrons. The van der Waals surface area contributed by atoms with Crippen LogP contribution in [-0.2, 0) is 0 Å². The van der Waals surface area contributed by atoms with E-state index in [1.807, 2.05) is 68.4 Å². The molecular formula is C18H23NO2. The molecule has 0 heterocycles. The zero-order valence-corrected chi connectivity index (χ0v) is 12.7. The Bertz CT molecular complexity index is 550. The Labute approximate surface area is 126 Å². The van der Waals surface area contributed by atoms with Gasteiger partial charge in [-0.1, -0.05) is 38.1 Å². The van der Waals surface area contributed by atoms with Crippen LogP contribution in [0.1, 0.15) is 26.7 Å². The first-order valence-corrected chi connectivity index (χ1v) is 7.44. The fourth-order valence-corrected chi connectivity index (χ4v) is 2.06. The Morgan fingerprint density at radius 1 is 0.952 bits per heavy atom. The summed E-state index contributed by atoms with van der Waals surface area (Å²) in [6.07, 6.45) is 1.47. The van der Waals surface area contributed by atoms with Crippen molar-refractivity contribution in [1.82, 2.24) is 0 Å². The molecule has 2 rings (SSSR count). The molecule has 2 N–H and O–H groups in total. The summed E-state index contributed by atoms with van der Waals surface area (Å²) in [4.78, 5) is 0. The SMILES string of the molecule is CCC(O)(CC)CNc1cccc(Oc2ccccc2)c1. The van der Waals surface area contributed by atoms with E-state index >= 15 is 0 Å². The molecule has 0 bridgehead atoms. The number of ether oxygens (including phenoxy) is 1. The summed E-state index contributed by atoms with van der Waals surface area (Å²) in [7, 11) is 0. The molecule has 0 fully saturated rings. The number of hydrogen-bond acceptors (Lipinski definition) is 3. The topological polar surface area (TPSA) is 41.5 Å². The highest BCUT2D eigenvalue weighted by Gasteiger charge is 2.21. The van der Waals surface area contributed by atoms with Crippen LogP contribution in [-0.4, -0.2) is 17.3 Å². The lowest BCUT2D eigenvalue weighted by atomic mass is 9.97. The number of hydrogen-bond donors (Lipinski definition) is 2. The van der Waals surface area contributed by atoms with Crippen molar-refractivity contribution in [2.45, 2.75) is 32.3 Å². The van der Waals surface area contributed by atoms with Crippen molar-refractivity contribution in [1.29, 1.82) is 0 Å². The average Bonchev–Trinajstić information content (AvgIpc) is 2.54. The number of benzene rings is 2. The second-order valence-electron chi connectivity index (χ2n) is 5.23. The molecule has 0 unspecified atom stereocenters. The zero-order valence-electron chi connectivity index (χ0n) is 12.7. The van der Waals surface area contributed by atoms with Crippen LogP contribution in [0, 0.1) is 0 Å². The second kappa shape index (κ2) is 7.14. The van der Waals surface area contributed by atoms with Crippen LogP contribution in [0.25, 0.3) is 0 Å².